The number of hydrogen-bond donors (Lipinski definition) is 2. The Hall–Kier alpha value is -1.39. The molecule has 20 heavy (non-hydrogen) atoms. The van der Waals surface area contributed by atoms with Crippen molar-refractivity contribution in [1.82, 2.24) is 5.32 Å². The van der Waals surface area contributed by atoms with Crippen molar-refractivity contribution >= 4 is 5.97 Å². The molecule has 0 saturated carbocycles. The molecule has 2 rings (SSSR count). The van der Waals surface area contributed by atoms with E-state index in [2.05, 4.69) is 11.4 Å². The van der Waals surface area contributed by atoms with Crippen LogP contribution in [-0.4, -0.2) is 30.3 Å². The number of carbonyl (C=O) groups excluding carboxylic acids is 1. The fourth-order valence-corrected chi connectivity index (χ4v) is 2.85. The molecular formula is C16H23NO3. The molecule has 0 saturated heterocycles. The van der Waals surface area contributed by atoms with Gasteiger partial charge < -0.3 is 9.84 Å². The van der Waals surface area contributed by atoms with E-state index in [4.69, 9.17) is 4.74 Å². The SMILES string of the molecule is CCCOC(=O)C(C)NC1(CO)CCc2ccccc21. The lowest BCUT2D eigenvalue weighted by Gasteiger charge is -2.32. The van der Waals surface area contributed by atoms with Crippen molar-refractivity contribution in [1.29, 1.82) is 0 Å². The first kappa shape index (κ1) is 15.0. The highest BCUT2D eigenvalue weighted by molar-refractivity contribution is 5.75. The summed E-state index contributed by atoms with van der Waals surface area (Å²) in [5.41, 5.74) is 1.81. The molecule has 2 atom stereocenters. The van der Waals surface area contributed by atoms with Crippen LogP contribution in [0.25, 0.3) is 0 Å². The first-order chi connectivity index (χ1) is 9.63. The summed E-state index contributed by atoms with van der Waals surface area (Å²) in [6, 6.07) is 7.64. The smallest absolute Gasteiger partial charge is 0.322 e. The number of esters is 1. The van der Waals surface area contributed by atoms with E-state index in [1.54, 1.807) is 6.92 Å². The van der Waals surface area contributed by atoms with E-state index in [1.165, 1.54) is 5.56 Å². The molecule has 0 amide bonds. The predicted molar refractivity (Wildman–Crippen MR) is 77.4 cm³/mol. The van der Waals surface area contributed by atoms with Gasteiger partial charge in [-0.2, -0.15) is 0 Å². The Morgan fingerprint density at radius 1 is 1.50 bits per heavy atom. The summed E-state index contributed by atoms with van der Waals surface area (Å²) in [6.07, 6.45) is 2.53. The zero-order chi connectivity index (χ0) is 14.6. The van der Waals surface area contributed by atoms with Crippen molar-refractivity contribution in [2.75, 3.05) is 13.2 Å². The van der Waals surface area contributed by atoms with Gasteiger partial charge in [0.1, 0.15) is 6.04 Å². The van der Waals surface area contributed by atoms with Gasteiger partial charge in [-0.1, -0.05) is 31.2 Å². The molecule has 1 aromatic rings. The van der Waals surface area contributed by atoms with Crippen molar-refractivity contribution in [3.8, 4) is 0 Å². The molecule has 0 aliphatic heterocycles. The summed E-state index contributed by atoms with van der Waals surface area (Å²) < 4.78 is 5.16. The van der Waals surface area contributed by atoms with E-state index in [1.807, 2.05) is 25.1 Å². The van der Waals surface area contributed by atoms with Crippen LogP contribution in [0.5, 0.6) is 0 Å². The highest BCUT2D eigenvalue weighted by atomic mass is 16.5. The quantitative estimate of drug-likeness (QED) is 0.778. The van der Waals surface area contributed by atoms with E-state index in [9.17, 15) is 9.90 Å². The van der Waals surface area contributed by atoms with E-state index in [-0.39, 0.29) is 12.6 Å². The van der Waals surface area contributed by atoms with Crippen LogP contribution >= 0.6 is 0 Å². The van der Waals surface area contributed by atoms with E-state index in [0.717, 1.165) is 24.8 Å². The molecule has 4 nitrogen and oxygen atoms in total. The van der Waals surface area contributed by atoms with Gasteiger partial charge >= 0.3 is 5.97 Å². The zero-order valence-electron chi connectivity index (χ0n) is 12.2. The minimum Gasteiger partial charge on any atom is -0.465 e. The van der Waals surface area contributed by atoms with Crippen LogP contribution in [0, 0.1) is 0 Å². The van der Waals surface area contributed by atoms with E-state index >= 15 is 0 Å². The zero-order valence-corrected chi connectivity index (χ0v) is 12.2. The van der Waals surface area contributed by atoms with Gasteiger partial charge in [-0.25, -0.2) is 0 Å². The molecule has 2 N–H and O–H groups in total. The lowest BCUT2D eigenvalue weighted by molar-refractivity contribution is -0.146. The van der Waals surface area contributed by atoms with Crippen LogP contribution in [0.1, 0.15) is 37.8 Å². The molecule has 0 spiro atoms. The summed E-state index contributed by atoms with van der Waals surface area (Å²) >= 11 is 0. The minimum atomic E-state index is -0.527. The fraction of sp³-hybridized carbons (Fsp3) is 0.562. The molecule has 0 radical (unpaired) electrons. The second-order valence-electron chi connectivity index (χ2n) is 5.43. The first-order valence-corrected chi connectivity index (χ1v) is 7.26. The number of hydrogen-bond acceptors (Lipinski definition) is 4. The van der Waals surface area contributed by atoms with Crippen LogP contribution in [0.15, 0.2) is 24.3 Å². The van der Waals surface area contributed by atoms with Crippen molar-refractivity contribution in [3.63, 3.8) is 0 Å². The molecule has 0 aromatic heterocycles. The molecule has 1 aromatic carbocycles. The second kappa shape index (κ2) is 6.37. The summed E-state index contributed by atoms with van der Waals surface area (Å²) in [5, 5.41) is 13.1. The molecule has 0 fully saturated rings. The third kappa shape index (κ3) is 2.86. The van der Waals surface area contributed by atoms with Crippen LogP contribution in [0.4, 0.5) is 0 Å². The summed E-state index contributed by atoms with van der Waals surface area (Å²) in [7, 11) is 0. The molecule has 0 heterocycles. The lowest BCUT2D eigenvalue weighted by Crippen LogP contribution is -2.51. The summed E-state index contributed by atoms with van der Waals surface area (Å²) in [5.74, 6) is -0.260. The van der Waals surface area contributed by atoms with Crippen LogP contribution in [-0.2, 0) is 21.5 Å². The van der Waals surface area contributed by atoms with E-state index in [0.29, 0.717) is 6.61 Å². The van der Waals surface area contributed by atoms with Gasteiger partial charge in [-0.15, -0.1) is 0 Å². The number of ether oxygens (including phenoxy) is 1. The Bertz CT molecular complexity index is 475. The predicted octanol–water partition coefficient (Wildman–Crippen LogP) is 1.75. The highest BCUT2D eigenvalue weighted by Crippen LogP contribution is 2.36. The Morgan fingerprint density at radius 3 is 2.95 bits per heavy atom. The van der Waals surface area contributed by atoms with Gasteiger partial charge in [0.05, 0.1) is 18.8 Å². The molecule has 0 bridgehead atoms. The Kier molecular flexibility index (Phi) is 4.78. The molecular weight excluding hydrogens is 254 g/mol. The standard InChI is InChI=1S/C16H23NO3/c1-3-10-20-15(19)12(2)17-16(11-18)9-8-13-6-4-5-7-14(13)16/h4-7,12,17-18H,3,8-11H2,1-2H3. The van der Waals surface area contributed by atoms with Gasteiger partial charge in [0.15, 0.2) is 0 Å². The summed E-state index contributed by atoms with van der Waals surface area (Å²) in [6.45, 7) is 4.17. The maximum absolute atomic E-state index is 11.9. The topological polar surface area (TPSA) is 58.6 Å². The van der Waals surface area contributed by atoms with Crippen molar-refractivity contribution in [3.05, 3.63) is 35.4 Å². The second-order valence-corrected chi connectivity index (χ2v) is 5.43. The molecule has 1 aliphatic rings. The molecule has 4 heteroatoms. The Balaban J connectivity index is 2.12. The maximum atomic E-state index is 11.9. The number of aryl methyl sites for hydroxylation is 1. The van der Waals surface area contributed by atoms with Gasteiger partial charge in [0, 0.05) is 0 Å². The number of aliphatic hydroxyl groups excluding tert-OH is 1. The number of fused-ring (bicyclic) bond motifs is 1. The largest absolute Gasteiger partial charge is 0.465 e. The van der Waals surface area contributed by atoms with E-state index < -0.39 is 11.6 Å². The molecule has 110 valence electrons. The average Bonchev–Trinajstić information content (AvgIpc) is 2.84. The monoisotopic (exact) mass is 277 g/mol. The average molecular weight is 277 g/mol. The highest BCUT2D eigenvalue weighted by Gasteiger charge is 2.40. The first-order valence-electron chi connectivity index (χ1n) is 7.26. The number of aliphatic hydroxyl groups is 1. The van der Waals surface area contributed by atoms with Crippen molar-refractivity contribution < 1.29 is 14.6 Å². The van der Waals surface area contributed by atoms with Crippen LogP contribution in [0.2, 0.25) is 0 Å². The fourth-order valence-electron chi connectivity index (χ4n) is 2.85. The van der Waals surface area contributed by atoms with Gasteiger partial charge in [0.25, 0.3) is 0 Å². The number of carbonyl (C=O) groups is 1. The maximum Gasteiger partial charge on any atom is 0.322 e. The molecule has 2 unspecified atom stereocenters. The van der Waals surface area contributed by atoms with Crippen LogP contribution < -0.4 is 5.32 Å². The number of rotatable bonds is 6. The third-order valence-electron chi connectivity index (χ3n) is 3.92. The van der Waals surface area contributed by atoms with Crippen molar-refractivity contribution in [2.45, 2.75) is 44.7 Å². The van der Waals surface area contributed by atoms with Gasteiger partial charge in [-0.3, -0.25) is 10.1 Å². The Morgan fingerprint density at radius 2 is 2.25 bits per heavy atom. The number of nitrogens with one attached hydrogen (secondary N) is 1. The summed E-state index contributed by atoms with van der Waals surface area (Å²) in [4.78, 5) is 11.9. The van der Waals surface area contributed by atoms with Gasteiger partial charge in [0.2, 0.25) is 0 Å². The normalized spacial score (nSPS) is 22.4. The molecule has 1 aliphatic carbocycles. The van der Waals surface area contributed by atoms with Crippen LogP contribution in [0.3, 0.4) is 0 Å². The third-order valence-corrected chi connectivity index (χ3v) is 3.92. The number of benzene rings is 1. The van der Waals surface area contributed by atoms with Gasteiger partial charge in [-0.05, 0) is 37.3 Å². The van der Waals surface area contributed by atoms with Crippen molar-refractivity contribution in [2.24, 2.45) is 0 Å². The minimum absolute atomic E-state index is 0.0184. The lowest BCUT2D eigenvalue weighted by atomic mass is 9.91. The Labute approximate surface area is 120 Å².